The van der Waals surface area contributed by atoms with Crippen LogP contribution in [-0.2, 0) is 9.53 Å². The minimum atomic E-state index is -0.489. The number of pyridine rings is 1. The quantitative estimate of drug-likeness (QED) is 0.775. The second-order valence-corrected chi connectivity index (χ2v) is 3.89. The molecular weight excluding hydrogens is 220 g/mol. The number of carbonyl (C=O) groups excluding carboxylic acids is 1. The Hall–Kier alpha value is -1.62. The van der Waals surface area contributed by atoms with Gasteiger partial charge in [-0.1, -0.05) is 0 Å². The number of hydrogen-bond acceptors (Lipinski definition) is 4. The van der Waals surface area contributed by atoms with Crippen LogP contribution in [0.1, 0.15) is 6.92 Å². The van der Waals surface area contributed by atoms with E-state index in [-0.39, 0.29) is 5.91 Å². The first-order chi connectivity index (χ1) is 8.27. The molecule has 0 radical (unpaired) electrons. The Labute approximate surface area is 100 Å². The number of morpholine rings is 1. The monoisotopic (exact) mass is 236 g/mol. The van der Waals surface area contributed by atoms with Crippen molar-refractivity contribution >= 4 is 5.91 Å². The lowest BCUT2D eigenvalue weighted by atomic mass is 10.3. The molecule has 1 aliphatic heterocycles. The summed E-state index contributed by atoms with van der Waals surface area (Å²) in [6, 6.07) is 3.57. The molecule has 0 aliphatic carbocycles. The standard InChI is InChI=1S/C12H16N2O3/c1-10(17-11-3-2-4-13-9-11)12(15)14-5-7-16-8-6-14/h2-4,9-10H,5-8H2,1H3. The zero-order chi connectivity index (χ0) is 12.1. The maximum absolute atomic E-state index is 12.0. The van der Waals surface area contributed by atoms with Crippen molar-refractivity contribution in [3.05, 3.63) is 24.5 Å². The first-order valence-electron chi connectivity index (χ1n) is 5.70. The molecule has 1 amide bonds. The molecule has 5 nitrogen and oxygen atoms in total. The van der Waals surface area contributed by atoms with E-state index >= 15 is 0 Å². The van der Waals surface area contributed by atoms with Gasteiger partial charge in [0.1, 0.15) is 5.75 Å². The van der Waals surface area contributed by atoms with Crippen molar-refractivity contribution in [2.75, 3.05) is 26.3 Å². The number of amides is 1. The number of aromatic nitrogens is 1. The van der Waals surface area contributed by atoms with E-state index in [9.17, 15) is 4.79 Å². The van der Waals surface area contributed by atoms with E-state index < -0.39 is 6.10 Å². The van der Waals surface area contributed by atoms with Crippen LogP contribution in [0.2, 0.25) is 0 Å². The summed E-state index contributed by atoms with van der Waals surface area (Å²) in [5.74, 6) is 0.610. The molecule has 17 heavy (non-hydrogen) atoms. The third-order valence-electron chi connectivity index (χ3n) is 2.62. The molecule has 1 fully saturated rings. The molecule has 5 heteroatoms. The zero-order valence-corrected chi connectivity index (χ0v) is 9.83. The highest BCUT2D eigenvalue weighted by molar-refractivity contribution is 5.81. The molecule has 1 aliphatic rings. The van der Waals surface area contributed by atoms with Gasteiger partial charge in [0.2, 0.25) is 0 Å². The first kappa shape index (κ1) is 11.9. The fourth-order valence-electron chi connectivity index (χ4n) is 1.71. The molecule has 1 aromatic rings. The van der Waals surface area contributed by atoms with Crippen LogP contribution < -0.4 is 4.74 Å². The van der Waals surface area contributed by atoms with Gasteiger partial charge in [0.25, 0.3) is 5.91 Å². The Morgan fingerprint density at radius 1 is 1.53 bits per heavy atom. The Morgan fingerprint density at radius 2 is 2.29 bits per heavy atom. The Balaban J connectivity index is 1.90. The number of hydrogen-bond donors (Lipinski definition) is 0. The highest BCUT2D eigenvalue weighted by atomic mass is 16.5. The van der Waals surface area contributed by atoms with Gasteiger partial charge < -0.3 is 14.4 Å². The molecule has 0 saturated carbocycles. The summed E-state index contributed by atoms with van der Waals surface area (Å²) >= 11 is 0. The summed E-state index contributed by atoms with van der Waals surface area (Å²) in [5.41, 5.74) is 0. The molecule has 1 aromatic heterocycles. The van der Waals surface area contributed by atoms with Crippen molar-refractivity contribution in [3.8, 4) is 5.75 Å². The summed E-state index contributed by atoms with van der Waals surface area (Å²) < 4.78 is 10.7. The lowest BCUT2D eigenvalue weighted by Crippen LogP contribution is -2.46. The van der Waals surface area contributed by atoms with Crippen LogP contribution in [0, 0.1) is 0 Å². The highest BCUT2D eigenvalue weighted by Crippen LogP contribution is 2.11. The molecule has 2 rings (SSSR count). The number of ether oxygens (including phenoxy) is 2. The maximum Gasteiger partial charge on any atom is 0.263 e. The summed E-state index contributed by atoms with van der Waals surface area (Å²) in [4.78, 5) is 17.7. The van der Waals surface area contributed by atoms with Crippen molar-refractivity contribution in [1.29, 1.82) is 0 Å². The number of nitrogens with zero attached hydrogens (tertiary/aromatic N) is 2. The molecule has 1 unspecified atom stereocenters. The van der Waals surface area contributed by atoms with Gasteiger partial charge in [-0.05, 0) is 19.1 Å². The molecular formula is C12H16N2O3. The number of rotatable bonds is 3. The van der Waals surface area contributed by atoms with Gasteiger partial charge >= 0.3 is 0 Å². The Kier molecular flexibility index (Phi) is 3.93. The average molecular weight is 236 g/mol. The lowest BCUT2D eigenvalue weighted by molar-refractivity contribution is -0.142. The molecule has 1 saturated heterocycles. The molecule has 1 atom stereocenters. The smallest absolute Gasteiger partial charge is 0.263 e. The second-order valence-electron chi connectivity index (χ2n) is 3.89. The Morgan fingerprint density at radius 3 is 2.94 bits per heavy atom. The lowest BCUT2D eigenvalue weighted by Gasteiger charge is -2.29. The van der Waals surface area contributed by atoms with Crippen molar-refractivity contribution < 1.29 is 14.3 Å². The maximum atomic E-state index is 12.0. The molecule has 0 aromatic carbocycles. The van der Waals surface area contributed by atoms with Gasteiger partial charge in [-0.3, -0.25) is 9.78 Å². The van der Waals surface area contributed by atoms with Crippen LogP contribution in [0.4, 0.5) is 0 Å². The summed E-state index contributed by atoms with van der Waals surface area (Å²) in [6.45, 7) is 4.24. The van der Waals surface area contributed by atoms with Gasteiger partial charge in [0.05, 0.1) is 19.4 Å². The first-order valence-corrected chi connectivity index (χ1v) is 5.70. The van der Waals surface area contributed by atoms with Crippen LogP contribution >= 0.6 is 0 Å². The largest absolute Gasteiger partial charge is 0.479 e. The normalized spacial score (nSPS) is 17.6. The van der Waals surface area contributed by atoms with Gasteiger partial charge in [0.15, 0.2) is 6.10 Å². The molecule has 0 spiro atoms. The molecule has 0 N–H and O–H groups in total. The predicted molar refractivity (Wildman–Crippen MR) is 61.7 cm³/mol. The van der Waals surface area contributed by atoms with Gasteiger partial charge in [-0.15, -0.1) is 0 Å². The minimum absolute atomic E-state index is 0.00264. The van der Waals surface area contributed by atoms with Gasteiger partial charge in [0, 0.05) is 19.3 Å². The highest BCUT2D eigenvalue weighted by Gasteiger charge is 2.23. The third-order valence-corrected chi connectivity index (χ3v) is 2.62. The van der Waals surface area contributed by atoms with Crippen LogP contribution in [0.3, 0.4) is 0 Å². The van der Waals surface area contributed by atoms with Crippen LogP contribution in [-0.4, -0.2) is 48.2 Å². The van der Waals surface area contributed by atoms with E-state index in [1.165, 1.54) is 0 Å². The van der Waals surface area contributed by atoms with Gasteiger partial charge in [-0.25, -0.2) is 0 Å². The fraction of sp³-hybridized carbons (Fsp3) is 0.500. The van der Waals surface area contributed by atoms with Crippen LogP contribution in [0.25, 0.3) is 0 Å². The van der Waals surface area contributed by atoms with Crippen molar-refractivity contribution in [1.82, 2.24) is 9.88 Å². The third kappa shape index (κ3) is 3.17. The zero-order valence-electron chi connectivity index (χ0n) is 9.83. The number of carbonyl (C=O) groups is 1. The second kappa shape index (κ2) is 5.63. The van der Waals surface area contributed by atoms with Crippen LogP contribution in [0.5, 0.6) is 5.75 Å². The summed E-state index contributed by atoms with van der Waals surface area (Å²) in [5, 5.41) is 0. The van der Waals surface area contributed by atoms with E-state index in [2.05, 4.69) is 4.98 Å². The fourth-order valence-corrected chi connectivity index (χ4v) is 1.71. The minimum Gasteiger partial charge on any atom is -0.479 e. The summed E-state index contributed by atoms with van der Waals surface area (Å²) in [7, 11) is 0. The van der Waals surface area contributed by atoms with Gasteiger partial charge in [-0.2, -0.15) is 0 Å². The predicted octanol–water partition coefficient (Wildman–Crippen LogP) is 0.708. The summed E-state index contributed by atoms with van der Waals surface area (Å²) in [6.07, 6.45) is 2.78. The van der Waals surface area contributed by atoms with E-state index in [1.54, 1.807) is 36.4 Å². The van der Waals surface area contributed by atoms with Crippen molar-refractivity contribution in [2.24, 2.45) is 0 Å². The SMILES string of the molecule is CC(Oc1cccnc1)C(=O)N1CCOCC1. The van der Waals surface area contributed by atoms with E-state index in [4.69, 9.17) is 9.47 Å². The van der Waals surface area contributed by atoms with Crippen molar-refractivity contribution in [3.63, 3.8) is 0 Å². The van der Waals surface area contributed by atoms with Crippen molar-refractivity contribution in [2.45, 2.75) is 13.0 Å². The topological polar surface area (TPSA) is 51.7 Å². The molecule has 0 bridgehead atoms. The average Bonchev–Trinajstić information content (AvgIpc) is 2.40. The molecule has 92 valence electrons. The van der Waals surface area contributed by atoms with E-state index in [0.717, 1.165) is 0 Å². The van der Waals surface area contributed by atoms with Crippen LogP contribution in [0.15, 0.2) is 24.5 Å². The molecule has 2 heterocycles. The van der Waals surface area contributed by atoms with E-state index in [0.29, 0.717) is 32.1 Å². The van der Waals surface area contributed by atoms with E-state index in [1.807, 2.05) is 0 Å². The Bertz CT molecular complexity index is 363.